The summed E-state index contributed by atoms with van der Waals surface area (Å²) < 4.78 is 0. The molecule has 0 spiro atoms. The van der Waals surface area contributed by atoms with Crippen LogP contribution < -0.4 is 5.32 Å². The van der Waals surface area contributed by atoms with Crippen molar-refractivity contribution in [1.29, 1.82) is 0 Å². The minimum atomic E-state index is -0.636. The monoisotopic (exact) mass is 269 g/mol. The van der Waals surface area contributed by atoms with Crippen molar-refractivity contribution in [2.45, 2.75) is 40.0 Å². The molecular formula is C13H20ClN3O. The Hall–Kier alpha value is -1.16. The maximum absolute atomic E-state index is 12.0. The molecule has 1 heterocycles. The van der Waals surface area contributed by atoms with Gasteiger partial charge in [-0.25, -0.2) is 9.97 Å². The Morgan fingerprint density at radius 2 is 1.94 bits per heavy atom. The van der Waals surface area contributed by atoms with Crippen molar-refractivity contribution in [3.05, 3.63) is 18.0 Å². The van der Waals surface area contributed by atoms with Crippen LogP contribution in [0, 0.1) is 5.41 Å². The third kappa shape index (κ3) is 3.67. The zero-order valence-electron chi connectivity index (χ0n) is 11.5. The van der Waals surface area contributed by atoms with E-state index in [0.717, 1.165) is 5.69 Å². The summed E-state index contributed by atoms with van der Waals surface area (Å²) in [5.74, 6) is 0.395. The van der Waals surface area contributed by atoms with Crippen LogP contribution in [0.1, 0.15) is 40.3 Å². The summed E-state index contributed by atoms with van der Waals surface area (Å²) in [5, 5.41) is 2.70. The molecule has 0 atom stereocenters. The summed E-state index contributed by atoms with van der Waals surface area (Å²) >= 11 is 5.76. The van der Waals surface area contributed by atoms with Gasteiger partial charge in [0.2, 0.25) is 11.9 Å². The van der Waals surface area contributed by atoms with E-state index in [2.05, 4.69) is 36.1 Å². The van der Waals surface area contributed by atoms with Gasteiger partial charge in [-0.05, 0) is 19.9 Å². The predicted molar refractivity (Wildman–Crippen MR) is 73.9 cm³/mol. The lowest BCUT2D eigenvalue weighted by Crippen LogP contribution is -2.33. The molecule has 5 heteroatoms. The number of nitrogens with zero attached hydrogens (tertiary/aromatic N) is 2. The van der Waals surface area contributed by atoms with Crippen LogP contribution in [0.15, 0.2) is 12.3 Å². The molecule has 18 heavy (non-hydrogen) atoms. The Kier molecular flexibility index (Phi) is 4.32. The first-order valence-electron chi connectivity index (χ1n) is 5.88. The lowest BCUT2D eigenvalue weighted by atomic mass is 9.92. The fraction of sp³-hybridized carbons (Fsp3) is 0.615. The van der Waals surface area contributed by atoms with Gasteiger partial charge in [0.05, 0.1) is 11.1 Å². The highest BCUT2D eigenvalue weighted by Crippen LogP contribution is 2.22. The van der Waals surface area contributed by atoms with E-state index in [4.69, 9.17) is 11.6 Å². The van der Waals surface area contributed by atoms with Crippen LogP contribution >= 0.6 is 11.6 Å². The Bertz CT molecular complexity index is 438. The predicted octanol–water partition coefficient (Wildman–Crippen LogP) is 2.98. The third-order valence-electron chi connectivity index (χ3n) is 2.60. The van der Waals surface area contributed by atoms with E-state index in [1.54, 1.807) is 20.0 Å². The number of rotatable bonds is 3. The summed E-state index contributed by atoms with van der Waals surface area (Å²) in [5.41, 5.74) is 0.170. The fourth-order valence-electron chi connectivity index (χ4n) is 1.17. The van der Waals surface area contributed by atoms with Crippen molar-refractivity contribution in [3.8, 4) is 0 Å². The molecule has 0 saturated carbocycles. The number of halogens is 1. The normalized spacial score (nSPS) is 12.3. The van der Waals surface area contributed by atoms with Crippen LogP contribution in [0.5, 0.6) is 0 Å². The van der Waals surface area contributed by atoms with Crippen molar-refractivity contribution < 1.29 is 4.79 Å². The zero-order chi connectivity index (χ0) is 14.0. The average Bonchev–Trinajstić information content (AvgIpc) is 2.28. The standard InChI is InChI=1S/C13H20ClN3O/c1-12(2,3)9-6-7-15-11(16-9)17-10(18)13(4,5)8-14/h6-7H,8H2,1-5H3,(H,15,16,17,18). The number of nitrogens with one attached hydrogen (secondary N) is 1. The number of carbonyl (C=O) groups excluding carboxylic acids is 1. The second-order valence-electron chi connectivity index (χ2n) is 5.99. The molecule has 0 unspecified atom stereocenters. The Morgan fingerprint density at radius 1 is 1.33 bits per heavy atom. The molecule has 0 aliphatic heterocycles. The highest BCUT2D eigenvalue weighted by molar-refractivity contribution is 6.20. The second kappa shape index (κ2) is 5.22. The molecule has 0 aliphatic carbocycles. The zero-order valence-corrected chi connectivity index (χ0v) is 12.3. The molecule has 0 saturated heterocycles. The fourth-order valence-corrected chi connectivity index (χ4v) is 1.29. The van der Waals surface area contributed by atoms with Gasteiger partial charge in [-0.2, -0.15) is 0 Å². The topological polar surface area (TPSA) is 54.9 Å². The van der Waals surface area contributed by atoms with E-state index in [1.165, 1.54) is 0 Å². The van der Waals surface area contributed by atoms with Crippen LogP contribution in [0.2, 0.25) is 0 Å². The first-order chi connectivity index (χ1) is 8.16. The van der Waals surface area contributed by atoms with E-state index in [1.807, 2.05) is 6.07 Å². The molecule has 100 valence electrons. The van der Waals surface area contributed by atoms with Crippen LogP contribution in [-0.4, -0.2) is 21.8 Å². The number of hydrogen-bond donors (Lipinski definition) is 1. The molecule has 1 amide bonds. The summed E-state index contributed by atoms with van der Waals surface area (Å²) in [6.07, 6.45) is 1.65. The largest absolute Gasteiger partial charge is 0.294 e. The van der Waals surface area contributed by atoms with E-state index >= 15 is 0 Å². The van der Waals surface area contributed by atoms with Crippen LogP contribution in [0.3, 0.4) is 0 Å². The smallest absolute Gasteiger partial charge is 0.233 e. The van der Waals surface area contributed by atoms with E-state index in [-0.39, 0.29) is 17.2 Å². The first-order valence-corrected chi connectivity index (χ1v) is 6.41. The molecule has 1 aromatic rings. The van der Waals surface area contributed by atoms with E-state index in [0.29, 0.717) is 5.95 Å². The summed E-state index contributed by atoms with van der Waals surface area (Å²) in [6, 6.07) is 1.85. The number of alkyl halides is 1. The van der Waals surface area contributed by atoms with Gasteiger partial charge in [0.1, 0.15) is 0 Å². The van der Waals surface area contributed by atoms with Crippen molar-refractivity contribution >= 4 is 23.5 Å². The number of hydrogen-bond acceptors (Lipinski definition) is 3. The second-order valence-corrected chi connectivity index (χ2v) is 6.25. The molecule has 0 bridgehead atoms. The molecule has 0 radical (unpaired) electrons. The molecule has 1 N–H and O–H groups in total. The van der Waals surface area contributed by atoms with Crippen molar-refractivity contribution in [2.75, 3.05) is 11.2 Å². The van der Waals surface area contributed by atoms with Gasteiger partial charge in [-0.15, -0.1) is 11.6 Å². The number of anilines is 1. The van der Waals surface area contributed by atoms with Gasteiger partial charge in [0.25, 0.3) is 0 Å². The molecule has 0 aliphatic rings. The number of carbonyl (C=O) groups is 1. The lowest BCUT2D eigenvalue weighted by Gasteiger charge is -2.21. The Morgan fingerprint density at radius 3 is 2.44 bits per heavy atom. The molecular weight excluding hydrogens is 250 g/mol. The maximum Gasteiger partial charge on any atom is 0.233 e. The van der Waals surface area contributed by atoms with Crippen LogP contribution in [0.25, 0.3) is 0 Å². The van der Waals surface area contributed by atoms with Crippen molar-refractivity contribution in [2.24, 2.45) is 5.41 Å². The van der Waals surface area contributed by atoms with Gasteiger partial charge in [0.15, 0.2) is 0 Å². The third-order valence-corrected chi connectivity index (χ3v) is 3.27. The molecule has 1 aromatic heterocycles. The number of aromatic nitrogens is 2. The highest BCUT2D eigenvalue weighted by Gasteiger charge is 2.27. The SMILES string of the molecule is CC(C)(CCl)C(=O)Nc1nccc(C(C)(C)C)n1. The summed E-state index contributed by atoms with van der Waals surface area (Å²) in [7, 11) is 0. The molecule has 1 rings (SSSR count). The molecule has 0 aromatic carbocycles. The lowest BCUT2D eigenvalue weighted by molar-refractivity contribution is -0.123. The van der Waals surface area contributed by atoms with Gasteiger partial charge < -0.3 is 0 Å². The van der Waals surface area contributed by atoms with Gasteiger partial charge in [-0.1, -0.05) is 20.8 Å². The molecule has 0 fully saturated rings. The van der Waals surface area contributed by atoms with Crippen LogP contribution in [-0.2, 0) is 10.2 Å². The van der Waals surface area contributed by atoms with Crippen LogP contribution in [0.4, 0.5) is 5.95 Å². The Balaban J connectivity index is 2.90. The average molecular weight is 270 g/mol. The summed E-state index contributed by atoms with van der Waals surface area (Å²) in [6.45, 7) is 9.74. The van der Waals surface area contributed by atoms with E-state index < -0.39 is 5.41 Å². The van der Waals surface area contributed by atoms with Crippen molar-refractivity contribution in [1.82, 2.24) is 9.97 Å². The van der Waals surface area contributed by atoms with Gasteiger partial charge in [-0.3, -0.25) is 10.1 Å². The molecule has 4 nitrogen and oxygen atoms in total. The van der Waals surface area contributed by atoms with Gasteiger partial charge in [0, 0.05) is 17.5 Å². The van der Waals surface area contributed by atoms with E-state index in [9.17, 15) is 4.79 Å². The first kappa shape index (κ1) is 14.9. The minimum Gasteiger partial charge on any atom is -0.294 e. The van der Waals surface area contributed by atoms with Crippen molar-refractivity contribution in [3.63, 3.8) is 0 Å². The maximum atomic E-state index is 12.0. The minimum absolute atomic E-state index is 0.0789. The Labute approximate surface area is 113 Å². The number of amides is 1. The highest BCUT2D eigenvalue weighted by atomic mass is 35.5. The quantitative estimate of drug-likeness (QED) is 0.859. The summed E-state index contributed by atoms with van der Waals surface area (Å²) in [4.78, 5) is 20.4. The van der Waals surface area contributed by atoms with Gasteiger partial charge >= 0.3 is 0 Å².